The first-order valence-corrected chi connectivity index (χ1v) is 6.47. The van der Waals surface area contributed by atoms with Gasteiger partial charge in [0, 0.05) is 13.0 Å². The van der Waals surface area contributed by atoms with Crippen LogP contribution in [0.4, 0.5) is 4.39 Å². The molecule has 0 saturated carbocycles. The van der Waals surface area contributed by atoms with E-state index in [1.54, 1.807) is 19.1 Å². The van der Waals surface area contributed by atoms with E-state index in [2.05, 4.69) is 0 Å². The van der Waals surface area contributed by atoms with Gasteiger partial charge in [0.15, 0.2) is 17.3 Å². The van der Waals surface area contributed by atoms with Crippen molar-refractivity contribution < 1.29 is 18.7 Å². The minimum Gasteiger partial charge on any atom is -0.494 e. The quantitative estimate of drug-likeness (QED) is 0.762. The Balaban J connectivity index is 2.93. The maximum atomic E-state index is 14.0. The minimum atomic E-state index is -0.857. The summed E-state index contributed by atoms with van der Waals surface area (Å²) in [4.78, 5) is 12.3. The lowest BCUT2D eigenvalue weighted by molar-refractivity contribution is -0.141. The van der Waals surface area contributed by atoms with Gasteiger partial charge in [-0.15, -0.1) is 0 Å². The fourth-order valence-corrected chi connectivity index (χ4v) is 1.91. The van der Waals surface area contributed by atoms with Crippen molar-refractivity contribution in [3.8, 4) is 5.75 Å². The Bertz CT molecular complexity index is 445. The second kappa shape index (κ2) is 6.66. The van der Waals surface area contributed by atoms with Gasteiger partial charge in [-0.25, -0.2) is 4.39 Å². The molecule has 1 unspecified atom stereocenters. The summed E-state index contributed by atoms with van der Waals surface area (Å²) in [7, 11) is 1.40. The molecule has 3 nitrogen and oxygen atoms in total. The highest BCUT2D eigenvalue weighted by molar-refractivity contribution is 5.88. The first-order chi connectivity index (χ1) is 8.98. The van der Waals surface area contributed by atoms with E-state index in [1.807, 2.05) is 13.8 Å². The van der Waals surface area contributed by atoms with Gasteiger partial charge in [0.25, 0.3) is 0 Å². The largest absolute Gasteiger partial charge is 0.494 e. The number of ketones is 1. The van der Waals surface area contributed by atoms with E-state index in [0.717, 1.165) is 0 Å². The van der Waals surface area contributed by atoms with E-state index in [4.69, 9.17) is 9.47 Å². The van der Waals surface area contributed by atoms with Crippen molar-refractivity contribution >= 4 is 5.78 Å². The maximum Gasteiger partial charge on any atom is 0.168 e. The second-order valence-electron chi connectivity index (χ2n) is 4.55. The van der Waals surface area contributed by atoms with Crippen molar-refractivity contribution in [1.29, 1.82) is 0 Å². The number of Topliss-reactive ketones (excluding diaryl/α,β-unsaturated/α-hetero) is 1. The summed E-state index contributed by atoms with van der Waals surface area (Å²) in [6.07, 6.45) is 0.568. The van der Waals surface area contributed by atoms with Gasteiger partial charge in [0.1, 0.15) is 5.60 Å². The molecule has 0 bridgehead atoms. The van der Waals surface area contributed by atoms with Crippen LogP contribution >= 0.6 is 0 Å². The lowest BCUT2D eigenvalue weighted by Crippen LogP contribution is -2.39. The summed E-state index contributed by atoms with van der Waals surface area (Å²) in [6, 6.07) is 4.80. The topological polar surface area (TPSA) is 35.5 Å². The van der Waals surface area contributed by atoms with Crippen molar-refractivity contribution in [2.24, 2.45) is 0 Å². The molecule has 0 saturated heterocycles. The summed E-state index contributed by atoms with van der Waals surface area (Å²) < 4.78 is 24.4. The predicted molar refractivity (Wildman–Crippen MR) is 72.0 cm³/mol. The van der Waals surface area contributed by atoms with Crippen molar-refractivity contribution in [3.63, 3.8) is 0 Å². The smallest absolute Gasteiger partial charge is 0.168 e. The predicted octanol–water partition coefficient (Wildman–Crippen LogP) is 3.15. The van der Waals surface area contributed by atoms with Crippen molar-refractivity contribution in [2.45, 2.75) is 39.2 Å². The minimum absolute atomic E-state index is 0.00731. The third-order valence-corrected chi connectivity index (χ3v) is 3.34. The number of carbonyl (C=O) groups excluding carboxylic acids is 1. The van der Waals surface area contributed by atoms with Crippen LogP contribution in [0.5, 0.6) is 5.75 Å². The maximum absolute atomic E-state index is 14.0. The Morgan fingerprint density at radius 1 is 1.37 bits per heavy atom. The standard InChI is InChI=1S/C15H21FO3/c1-5-15(3,19-6-2)13(17)10-11-8-7-9-12(18-4)14(11)16/h7-9H,5-6,10H2,1-4H3. The van der Waals surface area contributed by atoms with E-state index in [-0.39, 0.29) is 18.0 Å². The fraction of sp³-hybridized carbons (Fsp3) is 0.533. The van der Waals surface area contributed by atoms with Gasteiger partial charge in [-0.3, -0.25) is 4.79 Å². The highest BCUT2D eigenvalue weighted by Gasteiger charge is 2.32. The molecule has 0 N–H and O–H groups in total. The van der Waals surface area contributed by atoms with E-state index in [9.17, 15) is 9.18 Å². The molecule has 0 amide bonds. The van der Waals surface area contributed by atoms with E-state index in [0.29, 0.717) is 18.6 Å². The first-order valence-electron chi connectivity index (χ1n) is 6.47. The molecule has 0 spiro atoms. The lowest BCUT2D eigenvalue weighted by Gasteiger charge is -2.26. The molecule has 0 fully saturated rings. The van der Waals surface area contributed by atoms with Crippen LogP contribution in [0.15, 0.2) is 18.2 Å². The number of carbonyl (C=O) groups is 1. The van der Waals surface area contributed by atoms with Crippen LogP contribution in [0.2, 0.25) is 0 Å². The second-order valence-corrected chi connectivity index (χ2v) is 4.55. The third kappa shape index (κ3) is 3.53. The third-order valence-electron chi connectivity index (χ3n) is 3.34. The van der Waals surface area contributed by atoms with Gasteiger partial charge < -0.3 is 9.47 Å². The molecule has 0 aliphatic rings. The zero-order chi connectivity index (χ0) is 14.5. The Morgan fingerprint density at radius 2 is 2.05 bits per heavy atom. The van der Waals surface area contributed by atoms with Crippen LogP contribution in [0, 0.1) is 5.82 Å². The van der Waals surface area contributed by atoms with Crippen LogP contribution in [0.25, 0.3) is 0 Å². The zero-order valence-corrected chi connectivity index (χ0v) is 12.0. The SMILES string of the molecule is CCOC(C)(CC)C(=O)Cc1cccc(OC)c1F. The molecule has 1 atom stereocenters. The molecule has 19 heavy (non-hydrogen) atoms. The monoisotopic (exact) mass is 268 g/mol. The number of hydrogen-bond donors (Lipinski definition) is 0. The van der Waals surface area contributed by atoms with Crippen LogP contribution in [0.1, 0.15) is 32.8 Å². The number of benzene rings is 1. The van der Waals surface area contributed by atoms with E-state index < -0.39 is 11.4 Å². The molecule has 1 aromatic carbocycles. The first kappa shape index (κ1) is 15.6. The average Bonchev–Trinajstić information content (AvgIpc) is 2.41. The molecular formula is C15H21FO3. The Morgan fingerprint density at radius 3 is 2.58 bits per heavy atom. The number of hydrogen-bond acceptors (Lipinski definition) is 3. The number of ether oxygens (including phenoxy) is 2. The normalized spacial score (nSPS) is 13.9. The van der Waals surface area contributed by atoms with Crippen LogP contribution in [-0.4, -0.2) is 25.1 Å². The van der Waals surface area contributed by atoms with E-state index >= 15 is 0 Å². The van der Waals surface area contributed by atoms with Crippen LogP contribution in [-0.2, 0) is 16.0 Å². The lowest BCUT2D eigenvalue weighted by atomic mass is 9.92. The Hall–Kier alpha value is -1.42. The molecule has 0 heterocycles. The van der Waals surface area contributed by atoms with Gasteiger partial charge in [0.2, 0.25) is 0 Å². The molecule has 0 aliphatic heterocycles. The number of halogens is 1. The van der Waals surface area contributed by atoms with E-state index in [1.165, 1.54) is 13.2 Å². The van der Waals surface area contributed by atoms with Crippen LogP contribution < -0.4 is 4.74 Å². The fourth-order valence-electron chi connectivity index (χ4n) is 1.91. The molecular weight excluding hydrogens is 247 g/mol. The highest BCUT2D eigenvalue weighted by atomic mass is 19.1. The summed E-state index contributed by atoms with van der Waals surface area (Å²) in [5.74, 6) is -0.447. The van der Waals surface area contributed by atoms with Crippen molar-refractivity contribution in [3.05, 3.63) is 29.6 Å². The summed E-state index contributed by atoms with van der Waals surface area (Å²) in [5, 5.41) is 0. The summed E-state index contributed by atoms with van der Waals surface area (Å²) in [5.41, 5.74) is -0.520. The molecule has 0 aliphatic carbocycles. The van der Waals surface area contributed by atoms with Crippen molar-refractivity contribution in [2.75, 3.05) is 13.7 Å². The Kier molecular flexibility index (Phi) is 5.48. The van der Waals surface area contributed by atoms with Gasteiger partial charge >= 0.3 is 0 Å². The zero-order valence-electron chi connectivity index (χ0n) is 12.0. The highest BCUT2D eigenvalue weighted by Crippen LogP contribution is 2.24. The summed E-state index contributed by atoms with van der Waals surface area (Å²) >= 11 is 0. The van der Waals surface area contributed by atoms with Gasteiger partial charge in [-0.05, 0) is 31.9 Å². The van der Waals surface area contributed by atoms with Crippen molar-refractivity contribution in [1.82, 2.24) is 0 Å². The number of rotatable bonds is 7. The summed E-state index contributed by atoms with van der Waals surface area (Å²) in [6.45, 7) is 5.93. The van der Waals surface area contributed by atoms with Gasteiger partial charge in [0.05, 0.1) is 7.11 Å². The molecule has 4 heteroatoms. The molecule has 106 valence electrons. The van der Waals surface area contributed by atoms with Gasteiger partial charge in [-0.2, -0.15) is 0 Å². The average molecular weight is 268 g/mol. The Labute approximate surface area is 113 Å². The van der Waals surface area contributed by atoms with Gasteiger partial charge in [-0.1, -0.05) is 19.1 Å². The molecule has 1 rings (SSSR count). The molecule has 0 radical (unpaired) electrons. The number of methoxy groups -OCH3 is 1. The molecule has 1 aromatic rings. The molecule has 0 aromatic heterocycles. The van der Waals surface area contributed by atoms with Crippen LogP contribution in [0.3, 0.4) is 0 Å².